The zero-order valence-electron chi connectivity index (χ0n) is 27.2. The average Bonchev–Trinajstić information content (AvgIpc) is 3.50. The summed E-state index contributed by atoms with van der Waals surface area (Å²) < 4.78 is 6.36. The van der Waals surface area contributed by atoms with Crippen LogP contribution in [0.5, 0.6) is 0 Å². The smallest absolute Gasteiger partial charge is 0.137 e. The number of hydrogen-bond acceptors (Lipinski definition) is 2. The van der Waals surface area contributed by atoms with E-state index in [4.69, 9.17) is 4.42 Å². The van der Waals surface area contributed by atoms with Gasteiger partial charge in [-0.3, -0.25) is 0 Å². The largest absolute Gasteiger partial charge is 0.456 e. The number of para-hydroxylation sites is 1. The SMILES string of the molecule is c1ccc(-c2ccc(N(c3ccc(-c4ccccc4C45CC6CC(CC(C6)C4)C5)cc3)c3ccc4c(c3)oc3ccccc34)cc2)cc1. The van der Waals surface area contributed by atoms with Gasteiger partial charge in [-0.2, -0.15) is 0 Å². The Kier molecular flexibility index (Phi) is 6.41. The van der Waals surface area contributed by atoms with Crippen LogP contribution in [0.1, 0.15) is 44.1 Å². The van der Waals surface area contributed by atoms with Crippen LogP contribution < -0.4 is 4.90 Å². The lowest BCUT2D eigenvalue weighted by atomic mass is 9.47. The van der Waals surface area contributed by atoms with Gasteiger partial charge in [-0.15, -0.1) is 0 Å². The molecule has 4 bridgehead atoms. The van der Waals surface area contributed by atoms with Gasteiger partial charge >= 0.3 is 0 Å². The summed E-state index contributed by atoms with van der Waals surface area (Å²) in [6.07, 6.45) is 8.55. The van der Waals surface area contributed by atoms with Crippen molar-refractivity contribution in [2.24, 2.45) is 17.8 Å². The Morgan fingerprint density at radius 2 is 1.00 bits per heavy atom. The lowest BCUT2D eigenvalue weighted by Crippen LogP contribution is -2.48. The molecule has 4 saturated carbocycles. The van der Waals surface area contributed by atoms with Gasteiger partial charge in [0.25, 0.3) is 0 Å². The van der Waals surface area contributed by atoms with Crippen molar-refractivity contribution in [1.82, 2.24) is 0 Å². The number of benzene rings is 6. The molecule has 0 aliphatic heterocycles. The summed E-state index contributed by atoms with van der Waals surface area (Å²) in [6, 6.07) is 53.1. The second kappa shape index (κ2) is 11.0. The predicted octanol–water partition coefficient (Wildman–Crippen LogP) is 12.9. The molecule has 48 heavy (non-hydrogen) atoms. The molecule has 4 aliphatic rings. The first kappa shape index (κ1) is 28.0. The zero-order valence-corrected chi connectivity index (χ0v) is 27.2. The van der Waals surface area contributed by atoms with E-state index in [2.05, 4.69) is 144 Å². The molecule has 1 aromatic heterocycles. The van der Waals surface area contributed by atoms with Gasteiger partial charge in [0.2, 0.25) is 0 Å². The van der Waals surface area contributed by atoms with Crippen molar-refractivity contribution in [1.29, 1.82) is 0 Å². The quantitative estimate of drug-likeness (QED) is 0.184. The van der Waals surface area contributed by atoms with Crippen molar-refractivity contribution in [3.8, 4) is 22.3 Å². The Balaban J connectivity index is 1.05. The molecule has 234 valence electrons. The van der Waals surface area contributed by atoms with Crippen LogP contribution >= 0.6 is 0 Å². The van der Waals surface area contributed by atoms with Crippen molar-refractivity contribution in [3.63, 3.8) is 0 Å². The molecular formula is C46H39NO. The van der Waals surface area contributed by atoms with Crippen molar-refractivity contribution in [2.75, 3.05) is 4.90 Å². The van der Waals surface area contributed by atoms with Crippen molar-refractivity contribution < 1.29 is 4.42 Å². The molecule has 0 unspecified atom stereocenters. The summed E-state index contributed by atoms with van der Waals surface area (Å²) in [5, 5.41) is 2.30. The van der Waals surface area contributed by atoms with E-state index in [1.165, 1.54) is 60.8 Å². The number of nitrogens with zero attached hydrogens (tertiary/aromatic N) is 1. The lowest BCUT2D eigenvalue weighted by molar-refractivity contribution is -0.00492. The molecule has 4 aliphatic carbocycles. The fourth-order valence-corrected chi connectivity index (χ4v) is 10.2. The van der Waals surface area contributed by atoms with Gasteiger partial charge in [0.05, 0.1) is 0 Å². The Bertz CT molecular complexity index is 2230. The van der Waals surface area contributed by atoms with E-state index >= 15 is 0 Å². The summed E-state index contributed by atoms with van der Waals surface area (Å²) in [5.41, 5.74) is 12.3. The molecule has 0 N–H and O–H groups in total. The number of hydrogen-bond donors (Lipinski definition) is 0. The molecule has 0 radical (unpaired) electrons. The van der Waals surface area contributed by atoms with Gasteiger partial charge in [0.1, 0.15) is 11.2 Å². The number of rotatable bonds is 6. The molecule has 6 aromatic carbocycles. The number of fused-ring (bicyclic) bond motifs is 3. The minimum atomic E-state index is 0.360. The van der Waals surface area contributed by atoms with Crippen molar-refractivity contribution >= 4 is 39.0 Å². The lowest BCUT2D eigenvalue weighted by Gasteiger charge is -2.57. The third-order valence-electron chi connectivity index (χ3n) is 11.8. The van der Waals surface area contributed by atoms with E-state index in [1.54, 1.807) is 5.56 Å². The van der Waals surface area contributed by atoms with Gasteiger partial charge in [0.15, 0.2) is 0 Å². The van der Waals surface area contributed by atoms with Crippen LogP contribution in [0.25, 0.3) is 44.2 Å². The summed E-state index contributed by atoms with van der Waals surface area (Å²) in [6.45, 7) is 0. The first-order valence-electron chi connectivity index (χ1n) is 17.8. The predicted molar refractivity (Wildman–Crippen MR) is 199 cm³/mol. The molecule has 0 amide bonds. The molecular weight excluding hydrogens is 583 g/mol. The first-order valence-corrected chi connectivity index (χ1v) is 17.8. The maximum Gasteiger partial charge on any atom is 0.137 e. The van der Waals surface area contributed by atoms with Gasteiger partial charge in [-0.05, 0) is 132 Å². The number of anilines is 3. The van der Waals surface area contributed by atoms with E-state index in [0.717, 1.165) is 56.8 Å². The molecule has 0 saturated heterocycles. The van der Waals surface area contributed by atoms with Gasteiger partial charge < -0.3 is 9.32 Å². The van der Waals surface area contributed by atoms with Crippen LogP contribution in [0.4, 0.5) is 17.1 Å². The number of furan rings is 1. The van der Waals surface area contributed by atoms with Crippen LogP contribution in [0.3, 0.4) is 0 Å². The second-order valence-electron chi connectivity index (χ2n) is 14.8. The minimum Gasteiger partial charge on any atom is -0.456 e. The first-order chi connectivity index (χ1) is 23.7. The van der Waals surface area contributed by atoms with Crippen LogP contribution in [0, 0.1) is 17.8 Å². The molecule has 2 heteroatoms. The maximum absolute atomic E-state index is 6.36. The highest BCUT2D eigenvalue weighted by Crippen LogP contribution is 2.61. The molecule has 0 atom stereocenters. The van der Waals surface area contributed by atoms with Crippen LogP contribution in [-0.2, 0) is 5.41 Å². The highest BCUT2D eigenvalue weighted by molar-refractivity contribution is 6.06. The molecule has 2 nitrogen and oxygen atoms in total. The van der Waals surface area contributed by atoms with Crippen LogP contribution in [0.15, 0.2) is 150 Å². The van der Waals surface area contributed by atoms with E-state index in [-0.39, 0.29) is 0 Å². The molecule has 1 heterocycles. The minimum absolute atomic E-state index is 0.360. The third kappa shape index (κ3) is 4.61. The van der Waals surface area contributed by atoms with Gasteiger partial charge in [-0.1, -0.05) is 97.1 Å². The molecule has 0 spiro atoms. The van der Waals surface area contributed by atoms with Crippen molar-refractivity contribution in [2.45, 2.75) is 43.9 Å². The second-order valence-corrected chi connectivity index (χ2v) is 14.8. The summed E-state index contributed by atoms with van der Waals surface area (Å²) in [7, 11) is 0. The summed E-state index contributed by atoms with van der Waals surface area (Å²) >= 11 is 0. The van der Waals surface area contributed by atoms with E-state index in [9.17, 15) is 0 Å². The normalized spacial score (nSPS) is 22.8. The Hall–Kier alpha value is -5.08. The standard InChI is InChI=1S/C46H39NO/c1-2-8-34(9-3-1)35-14-18-37(19-15-35)47(39-22-23-42-41-11-5-7-13-44(41)48-45(42)27-39)38-20-16-36(17-21-38)40-10-4-6-12-43(40)46-28-31-24-32(29-46)26-33(25-31)30-46/h1-23,27,31-33H,24-26,28-30H2. The fraction of sp³-hybridized carbons (Fsp3) is 0.217. The van der Waals surface area contributed by atoms with Gasteiger partial charge in [-0.25, -0.2) is 0 Å². The molecule has 4 fully saturated rings. The highest BCUT2D eigenvalue weighted by atomic mass is 16.3. The summed E-state index contributed by atoms with van der Waals surface area (Å²) in [5.74, 6) is 2.79. The van der Waals surface area contributed by atoms with E-state index in [1.807, 2.05) is 6.07 Å². The summed E-state index contributed by atoms with van der Waals surface area (Å²) in [4.78, 5) is 2.36. The van der Waals surface area contributed by atoms with E-state index < -0.39 is 0 Å². The van der Waals surface area contributed by atoms with Crippen LogP contribution in [-0.4, -0.2) is 0 Å². The third-order valence-corrected chi connectivity index (χ3v) is 11.8. The average molecular weight is 622 g/mol. The van der Waals surface area contributed by atoms with Crippen LogP contribution in [0.2, 0.25) is 0 Å². The van der Waals surface area contributed by atoms with E-state index in [0.29, 0.717) is 5.41 Å². The molecule has 11 rings (SSSR count). The zero-order chi connectivity index (χ0) is 31.7. The Morgan fingerprint density at radius 1 is 0.458 bits per heavy atom. The van der Waals surface area contributed by atoms with Gasteiger partial charge in [0, 0.05) is 33.9 Å². The molecule has 7 aromatic rings. The van der Waals surface area contributed by atoms with Crippen molar-refractivity contribution in [3.05, 3.63) is 151 Å². The maximum atomic E-state index is 6.36. The fourth-order valence-electron chi connectivity index (χ4n) is 10.2. The highest BCUT2D eigenvalue weighted by Gasteiger charge is 2.52. The Labute approximate surface area is 282 Å². The topological polar surface area (TPSA) is 16.4 Å². The Morgan fingerprint density at radius 3 is 1.71 bits per heavy atom. The monoisotopic (exact) mass is 621 g/mol.